The Morgan fingerprint density at radius 3 is 2.56 bits per heavy atom. The van der Waals surface area contributed by atoms with Crippen molar-refractivity contribution in [2.24, 2.45) is 7.05 Å². The van der Waals surface area contributed by atoms with Crippen molar-refractivity contribution >= 4 is 31.9 Å². The lowest BCUT2D eigenvalue weighted by molar-refractivity contribution is 0.204. The molecular formula is C10H9Br2N3O. The van der Waals surface area contributed by atoms with Crippen LogP contribution in [-0.2, 0) is 7.05 Å². The van der Waals surface area contributed by atoms with Gasteiger partial charge in [0.2, 0.25) is 0 Å². The molecule has 1 unspecified atom stereocenters. The van der Waals surface area contributed by atoms with E-state index in [0.717, 1.165) is 8.95 Å². The Hall–Kier alpha value is -0.720. The van der Waals surface area contributed by atoms with Gasteiger partial charge in [0.15, 0.2) is 0 Å². The molecule has 0 radical (unpaired) electrons. The predicted octanol–water partition coefficient (Wildman–Crippen LogP) is 2.42. The molecule has 0 aliphatic rings. The number of pyridine rings is 1. The van der Waals surface area contributed by atoms with Crippen LogP contribution in [0.15, 0.2) is 33.5 Å². The third-order valence-electron chi connectivity index (χ3n) is 2.23. The van der Waals surface area contributed by atoms with Crippen molar-refractivity contribution in [3.8, 4) is 0 Å². The molecule has 2 heterocycles. The lowest BCUT2D eigenvalue weighted by atomic mass is 10.1. The van der Waals surface area contributed by atoms with Crippen LogP contribution in [0.5, 0.6) is 0 Å². The lowest BCUT2D eigenvalue weighted by Gasteiger charge is -2.11. The summed E-state index contributed by atoms with van der Waals surface area (Å²) in [4.78, 5) is 4.16. The Morgan fingerprint density at radius 2 is 2.06 bits per heavy atom. The van der Waals surface area contributed by atoms with Gasteiger partial charge in [-0.3, -0.25) is 9.67 Å². The molecule has 0 aromatic carbocycles. The molecule has 0 spiro atoms. The van der Waals surface area contributed by atoms with E-state index in [-0.39, 0.29) is 0 Å². The number of nitrogens with zero attached hydrogens (tertiary/aromatic N) is 3. The topological polar surface area (TPSA) is 50.9 Å². The number of hydrogen-bond acceptors (Lipinski definition) is 3. The smallest absolute Gasteiger partial charge is 0.139 e. The molecule has 1 atom stereocenters. The maximum absolute atomic E-state index is 10.2. The minimum Gasteiger partial charge on any atom is -0.380 e. The first-order valence-corrected chi connectivity index (χ1v) is 6.15. The summed E-state index contributed by atoms with van der Waals surface area (Å²) in [5.41, 5.74) is 1.28. The van der Waals surface area contributed by atoms with Gasteiger partial charge in [-0.15, -0.1) is 0 Å². The van der Waals surface area contributed by atoms with Crippen LogP contribution in [0.2, 0.25) is 0 Å². The van der Waals surface area contributed by atoms with E-state index in [9.17, 15) is 5.11 Å². The molecular weight excluding hydrogens is 338 g/mol. The van der Waals surface area contributed by atoms with E-state index in [1.165, 1.54) is 0 Å². The van der Waals surface area contributed by atoms with Crippen LogP contribution >= 0.6 is 31.9 Å². The highest BCUT2D eigenvalue weighted by Crippen LogP contribution is 2.27. The van der Waals surface area contributed by atoms with Crippen molar-refractivity contribution in [3.63, 3.8) is 0 Å². The zero-order valence-electron chi connectivity index (χ0n) is 8.43. The molecule has 0 saturated heterocycles. The Balaban J connectivity index is 2.39. The van der Waals surface area contributed by atoms with Crippen molar-refractivity contribution in [1.82, 2.24) is 14.8 Å². The molecule has 2 aromatic heterocycles. The van der Waals surface area contributed by atoms with Crippen LogP contribution in [0.3, 0.4) is 0 Å². The Bertz CT molecular complexity index is 476. The van der Waals surface area contributed by atoms with Crippen LogP contribution < -0.4 is 0 Å². The van der Waals surface area contributed by atoms with Gasteiger partial charge >= 0.3 is 0 Å². The second-order valence-corrected chi connectivity index (χ2v) is 5.08. The number of aliphatic hydroxyl groups is 1. The average Bonchev–Trinajstić information content (AvgIpc) is 2.59. The lowest BCUT2D eigenvalue weighted by Crippen LogP contribution is -2.08. The quantitative estimate of drug-likeness (QED) is 0.908. The van der Waals surface area contributed by atoms with Crippen molar-refractivity contribution < 1.29 is 5.11 Å². The fourth-order valence-corrected chi connectivity index (χ4v) is 2.22. The van der Waals surface area contributed by atoms with Crippen molar-refractivity contribution in [2.75, 3.05) is 0 Å². The zero-order valence-corrected chi connectivity index (χ0v) is 11.6. The molecule has 1 N–H and O–H groups in total. The van der Waals surface area contributed by atoms with E-state index in [2.05, 4.69) is 41.9 Å². The van der Waals surface area contributed by atoms with E-state index < -0.39 is 6.10 Å². The summed E-state index contributed by atoms with van der Waals surface area (Å²) < 4.78 is 3.28. The fourth-order valence-electron chi connectivity index (χ4n) is 1.42. The minimum atomic E-state index is -0.782. The van der Waals surface area contributed by atoms with Crippen LogP contribution in [-0.4, -0.2) is 19.9 Å². The van der Waals surface area contributed by atoms with Gasteiger partial charge < -0.3 is 5.11 Å². The van der Waals surface area contributed by atoms with Crippen molar-refractivity contribution in [1.29, 1.82) is 0 Å². The van der Waals surface area contributed by atoms with E-state index >= 15 is 0 Å². The molecule has 0 aliphatic carbocycles. The summed E-state index contributed by atoms with van der Waals surface area (Å²) in [7, 11) is 1.78. The Morgan fingerprint density at radius 1 is 1.31 bits per heavy atom. The second kappa shape index (κ2) is 4.65. The normalized spacial score (nSPS) is 12.8. The van der Waals surface area contributed by atoms with Crippen LogP contribution in [0.4, 0.5) is 0 Å². The maximum atomic E-state index is 10.2. The number of aryl methyl sites for hydroxylation is 1. The fraction of sp³-hybridized carbons (Fsp3) is 0.200. The van der Waals surface area contributed by atoms with E-state index in [0.29, 0.717) is 11.4 Å². The highest BCUT2D eigenvalue weighted by molar-refractivity contribution is 9.10. The highest BCUT2D eigenvalue weighted by Gasteiger charge is 2.18. The summed E-state index contributed by atoms with van der Waals surface area (Å²) in [6, 6.07) is 3.62. The molecule has 0 bridgehead atoms. The molecule has 2 aromatic rings. The molecule has 0 aliphatic heterocycles. The van der Waals surface area contributed by atoms with Crippen LogP contribution in [0.25, 0.3) is 0 Å². The van der Waals surface area contributed by atoms with Gasteiger partial charge in [-0.2, -0.15) is 5.10 Å². The molecule has 84 valence electrons. The SMILES string of the molecule is Cn1ncc(Br)c1C(O)c1ccc(Br)cn1. The summed E-state index contributed by atoms with van der Waals surface area (Å²) >= 11 is 6.65. The van der Waals surface area contributed by atoms with Crippen LogP contribution in [0.1, 0.15) is 17.5 Å². The standard InChI is InChI=1S/C10H9Br2N3O/c1-15-9(7(12)5-14-15)10(16)8-3-2-6(11)4-13-8/h2-5,10,16H,1H3. The molecule has 4 nitrogen and oxygen atoms in total. The third-order valence-corrected chi connectivity index (χ3v) is 3.31. The molecule has 16 heavy (non-hydrogen) atoms. The number of aliphatic hydroxyl groups excluding tert-OH is 1. The first-order chi connectivity index (χ1) is 7.59. The molecule has 0 saturated carbocycles. The summed E-state index contributed by atoms with van der Waals surface area (Å²) in [6.07, 6.45) is 2.52. The first-order valence-electron chi connectivity index (χ1n) is 4.56. The van der Waals surface area contributed by atoms with E-state index in [4.69, 9.17) is 0 Å². The number of aromatic nitrogens is 3. The van der Waals surface area contributed by atoms with Crippen LogP contribution in [0, 0.1) is 0 Å². The molecule has 2 rings (SSSR count). The van der Waals surface area contributed by atoms with E-state index in [1.807, 2.05) is 6.07 Å². The Labute approximate surface area is 110 Å². The predicted molar refractivity (Wildman–Crippen MR) is 66.9 cm³/mol. The second-order valence-electron chi connectivity index (χ2n) is 3.31. The van der Waals surface area contributed by atoms with Gasteiger partial charge in [0.1, 0.15) is 6.10 Å². The van der Waals surface area contributed by atoms with Gasteiger partial charge in [0, 0.05) is 17.7 Å². The molecule has 0 fully saturated rings. The van der Waals surface area contributed by atoms with Gasteiger partial charge in [-0.25, -0.2) is 0 Å². The Kier molecular flexibility index (Phi) is 3.41. The summed E-state index contributed by atoms with van der Waals surface area (Å²) in [5, 5.41) is 14.2. The number of halogens is 2. The number of rotatable bonds is 2. The minimum absolute atomic E-state index is 0.590. The number of hydrogen-bond donors (Lipinski definition) is 1. The maximum Gasteiger partial charge on any atom is 0.139 e. The van der Waals surface area contributed by atoms with Crippen molar-refractivity contribution in [2.45, 2.75) is 6.10 Å². The van der Waals surface area contributed by atoms with Gasteiger partial charge in [0.25, 0.3) is 0 Å². The third kappa shape index (κ3) is 2.18. The first kappa shape index (κ1) is 11.8. The largest absolute Gasteiger partial charge is 0.380 e. The van der Waals surface area contributed by atoms with Crippen molar-refractivity contribution in [3.05, 3.63) is 44.9 Å². The van der Waals surface area contributed by atoms with Gasteiger partial charge in [0.05, 0.1) is 22.1 Å². The molecule has 6 heteroatoms. The van der Waals surface area contributed by atoms with Gasteiger partial charge in [-0.05, 0) is 44.0 Å². The summed E-state index contributed by atoms with van der Waals surface area (Å²) in [6.45, 7) is 0. The highest BCUT2D eigenvalue weighted by atomic mass is 79.9. The zero-order chi connectivity index (χ0) is 11.7. The monoisotopic (exact) mass is 345 g/mol. The molecule has 0 amide bonds. The summed E-state index contributed by atoms with van der Waals surface area (Å²) in [5.74, 6) is 0. The van der Waals surface area contributed by atoms with E-state index in [1.54, 1.807) is 30.2 Å². The van der Waals surface area contributed by atoms with Gasteiger partial charge in [-0.1, -0.05) is 0 Å². The average molecular weight is 347 g/mol.